The zero-order chi connectivity index (χ0) is 31.3. The Morgan fingerprint density at radius 3 is 2.02 bits per heavy atom. The van der Waals surface area contributed by atoms with Gasteiger partial charge in [-0.25, -0.2) is 0 Å². The highest BCUT2D eigenvalue weighted by Crippen LogP contribution is 2.45. The molecule has 43 heavy (non-hydrogen) atoms. The van der Waals surface area contributed by atoms with Gasteiger partial charge in [-0.15, -0.1) is 0 Å². The number of aliphatic hydroxyl groups excluding tert-OH is 7. The molecule has 10 atom stereocenters. The standard InChI is InChI=1S/C27H30O16/c1-8-15(31)18(34)21(37)26(39-8)40-12-6-11(30)14-17(33)20(36)23(9-2-4-10(29)5-3-9)42-25(14)24(12)43-27-22(38)19(35)16(32)13(7-28)41-27/h2-6,8,13,15-16,18-19,21-22,26-32,34-38H,7H2,1H3/t8-,13?,15-,16+,18?,19-,21?,22?,26-,27-/m0/s1. The van der Waals surface area contributed by atoms with Crippen molar-refractivity contribution < 1.29 is 74.4 Å². The van der Waals surface area contributed by atoms with Crippen LogP contribution in [0.4, 0.5) is 0 Å². The van der Waals surface area contributed by atoms with Gasteiger partial charge < -0.3 is 74.4 Å². The van der Waals surface area contributed by atoms with E-state index in [9.17, 15) is 55.9 Å². The number of hydrogen-bond acceptors (Lipinski definition) is 16. The molecule has 0 bridgehead atoms. The van der Waals surface area contributed by atoms with Crippen LogP contribution in [0.1, 0.15) is 6.92 Å². The van der Waals surface area contributed by atoms with Crippen LogP contribution in [-0.2, 0) is 9.47 Å². The summed E-state index contributed by atoms with van der Waals surface area (Å²) in [7, 11) is 0. The van der Waals surface area contributed by atoms with Gasteiger partial charge in [-0.05, 0) is 31.2 Å². The van der Waals surface area contributed by atoms with E-state index in [0.717, 1.165) is 6.07 Å². The minimum absolute atomic E-state index is 0.0934. The van der Waals surface area contributed by atoms with Crippen molar-refractivity contribution in [1.82, 2.24) is 0 Å². The van der Waals surface area contributed by atoms with Crippen molar-refractivity contribution in [2.24, 2.45) is 0 Å². The second-order valence-corrected chi connectivity index (χ2v) is 10.2. The van der Waals surface area contributed by atoms with E-state index < -0.39 is 113 Å². The van der Waals surface area contributed by atoms with Gasteiger partial charge in [-0.2, -0.15) is 0 Å². The van der Waals surface area contributed by atoms with Gasteiger partial charge in [0.05, 0.1) is 12.7 Å². The summed E-state index contributed by atoms with van der Waals surface area (Å²) in [5.41, 5.74) is -1.65. The summed E-state index contributed by atoms with van der Waals surface area (Å²) in [6.07, 6.45) is -16.7. The van der Waals surface area contributed by atoms with Gasteiger partial charge in [0, 0.05) is 11.6 Å². The van der Waals surface area contributed by atoms with Crippen LogP contribution in [0, 0.1) is 0 Å². The van der Waals surface area contributed by atoms with Crippen molar-refractivity contribution >= 4 is 11.0 Å². The van der Waals surface area contributed by atoms with Crippen LogP contribution in [0.5, 0.6) is 28.7 Å². The molecule has 0 aliphatic carbocycles. The molecule has 0 amide bonds. The van der Waals surface area contributed by atoms with Crippen LogP contribution < -0.4 is 14.9 Å². The fourth-order valence-corrected chi connectivity index (χ4v) is 4.82. The lowest BCUT2D eigenvalue weighted by Gasteiger charge is -2.40. The molecule has 2 aliphatic heterocycles. The van der Waals surface area contributed by atoms with Crippen molar-refractivity contribution in [2.45, 2.75) is 68.3 Å². The highest BCUT2D eigenvalue weighted by atomic mass is 16.7. The van der Waals surface area contributed by atoms with Gasteiger partial charge >= 0.3 is 0 Å². The molecule has 2 saturated heterocycles. The van der Waals surface area contributed by atoms with Crippen LogP contribution >= 0.6 is 0 Å². The van der Waals surface area contributed by atoms with Crippen molar-refractivity contribution in [3.8, 4) is 40.1 Å². The zero-order valence-corrected chi connectivity index (χ0v) is 22.3. The molecule has 2 aliphatic rings. The number of ether oxygens (including phenoxy) is 4. The Bertz CT molecular complexity index is 1520. The Balaban J connectivity index is 1.69. The van der Waals surface area contributed by atoms with E-state index in [0.29, 0.717) is 0 Å². The van der Waals surface area contributed by atoms with Crippen molar-refractivity contribution in [3.63, 3.8) is 0 Å². The van der Waals surface area contributed by atoms with Crippen molar-refractivity contribution in [3.05, 3.63) is 40.6 Å². The number of hydrogen-bond donors (Lipinski definition) is 10. The molecule has 4 unspecified atom stereocenters. The number of fused-ring (bicyclic) bond motifs is 1. The van der Waals surface area contributed by atoms with Crippen LogP contribution in [-0.4, -0.2) is 119 Å². The molecule has 0 spiro atoms. The zero-order valence-electron chi connectivity index (χ0n) is 22.3. The van der Waals surface area contributed by atoms with Gasteiger partial charge in [0.25, 0.3) is 0 Å². The summed E-state index contributed by atoms with van der Waals surface area (Å²) < 4.78 is 28.2. The molecule has 10 N–H and O–H groups in total. The normalized spacial score (nSPS) is 32.9. The number of aliphatic hydroxyl groups is 7. The molecule has 16 heteroatoms. The third-order valence-corrected chi connectivity index (χ3v) is 7.31. The fourth-order valence-electron chi connectivity index (χ4n) is 4.82. The van der Waals surface area contributed by atoms with E-state index >= 15 is 0 Å². The Hall–Kier alpha value is -3.71. The van der Waals surface area contributed by atoms with Gasteiger partial charge in [0.15, 0.2) is 17.1 Å². The van der Waals surface area contributed by atoms with E-state index in [4.69, 9.17) is 23.4 Å². The van der Waals surface area contributed by atoms with Crippen LogP contribution in [0.2, 0.25) is 0 Å². The lowest BCUT2D eigenvalue weighted by atomic mass is 9.99. The number of rotatable bonds is 6. The van der Waals surface area contributed by atoms with Crippen LogP contribution in [0.3, 0.4) is 0 Å². The smallest absolute Gasteiger partial charge is 0.238 e. The molecule has 3 heterocycles. The quantitative estimate of drug-likeness (QED) is 0.144. The Morgan fingerprint density at radius 2 is 1.40 bits per heavy atom. The van der Waals surface area contributed by atoms with Gasteiger partial charge in [0.2, 0.25) is 29.5 Å². The monoisotopic (exact) mass is 610 g/mol. The Labute approximate surface area is 241 Å². The molecule has 234 valence electrons. The second-order valence-electron chi connectivity index (χ2n) is 10.2. The molecule has 0 saturated carbocycles. The third-order valence-electron chi connectivity index (χ3n) is 7.31. The van der Waals surface area contributed by atoms with E-state index in [1.807, 2.05) is 0 Å². The number of phenols is 2. The molecular formula is C27H30O16. The summed E-state index contributed by atoms with van der Waals surface area (Å²) in [6, 6.07) is 5.90. The number of benzene rings is 2. The molecule has 0 radical (unpaired) electrons. The Morgan fingerprint density at radius 1 is 0.791 bits per heavy atom. The highest BCUT2D eigenvalue weighted by Gasteiger charge is 2.47. The summed E-state index contributed by atoms with van der Waals surface area (Å²) in [6.45, 7) is 0.573. The highest BCUT2D eigenvalue weighted by molar-refractivity contribution is 5.93. The predicted molar refractivity (Wildman–Crippen MR) is 140 cm³/mol. The first-order valence-corrected chi connectivity index (χ1v) is 13.0. The molecule has 1 aromatic heterocycles. The summed E-state index contributed by atoms with van der Waals surface area (Å²) in [4.78, 5) is 13.3. The lowest BCUT2D eigenvalue weighted by molar-refractivity contribution is -0.279. The lowest BCUT2D eigenvalue weighted by Crippen LogP contribution is -2.60. The maximum absolute atomic E-state index is 13.3. The second kappa shape index (κ2) is 11.8. The maximum Gasteiger partial charge on any atom is 0.238 e. The van der Waals surface area contributed by atoms with Gasteiger partial charge in [-0.3, -0.25) is 4.79 Å². The molecule has 2 fully saturated rings. The average molecular weight is 611 g/mol. The van der Waals surface area contributed by atoms with Gasteiger partial charge in [0.1, 0.15) is 59.6 Å². The molecule has 5 rings (SSSR count). The third kappa shape index (κ3) is 5.44. The first-order valence-electron chi connectivity index (χ1n) is 13.0. The number of phenolic OH excluding ortho intramolecular Hbond substituents is 2. The maximum atomic E-state index is 13.3. The van der Waals surface area contributed by atoms with E-state index in [1.165, 1.54) is 31.2 Å². The minimum Gasteiger partial charge on any atom is -0.508 e. The summed E-state index contributed by atoms with van der Waals surface area (Å²) in [5.74, 6) is -3.48. The topological polar surface area (TPSA) is 269 Å². The van der Waals surface area contributed by atoms with Crippen molar-refractivity contribution in [1.29, 1.82) is 0 Å². The van der Waals surface area contributed by atoms with E-state index in [2.05, 4.69) is 0 Å². The van der Waals surface area contributed by atoms with Crippen molar-refractivity contribution in [2.75, 3.05) is 6.61 Å². The SMILES string of the molecule is C[C@@H]1O[C@@H](Oc2cc(O)c3c(=O)c(O)c(-c4ccc(O)cc4)oc3c2O[C@@H]2OC(CO)[C@@H](O)[C@H](O)C2O)C(O)C(O)[C@H]1O. The largest absolute Gasteiger partial charge is 0.508 e. The predicted octanol–water partition coefficient (Wildman–Crippen LogP) is -2.04. The van der Waals surface area contributed by atoms with Crippen LogP contribution in [0.25, 0.3) is 22.3 Å². The van der Waals surface area contributed by atoms with Crippen LogP contribution in [0.15, 0.2) is 39.5 Å². The first-order chi connectivity index (χ1) is 20.3. The molecule has 3 aromatic rings. The number of aromatic hydroxyl groups is 3. The minimum atomic E-state index is -1.96. The van der Waals surface area contributed by atoms with E-state index in [1.54, 1.807) is 0 Å². The fraction of sp³-hybridized carbons (Fsp3) is 0.444. The molecule has 16 nitrogen and oxygen atoms in total. The Kier molecular flexibility index (Phi) is 8.41. The summed E-state index contributed by atoms with van der Waals surface area (Å²) in [5, 5.41) is 102. The summed E-state index contributed by atoms with van der Waals surface area (Å²) >= 11 is 0. The van der Waals surface area contributed by atoms with E-state index in [-0.39, 0.29) is 11.3 Å². The first kappa shape index (κ1) is 30.7. The molecule has 2 aromatic carbocycles. The molecular weight excluding hydrogens is 580 g/mol. The van der Waals surface area contributed by atoms with Gasteiger partial charge in [-0.1, -0.05) is 0 Å². The average Bonchev–Trinajstić information content (AvgIpc) is 2.98.